The van der Waals surface area contributed by atoms with Gasteiger partial charge in [0.15, 0.2) is 0 Å². The van der Waals surface area contributed by atoms with Gasteiger partial charge in [0.25, 0.3) is 0 Å². The fourth-order valence-electron chi connectivity index (χ4n) is 24.8. The molecule has 546 valence electrons. The van der Waals surface area contributed by atoms with Crippen LogP contribution in [0.2, 0.25) is 0 Å². The highest BCUT2D eigenvalue weighted by Crippen LogP contribution is 2.70. The third-order valence-corrected chi connectivity index (χ3v) is 29.6. The van der Waals surface area contributed by atoms with Crippen LogP contribution in [0.3, 0.4) is 0 Å². The zero-order valence-corrected chi connectivity index (χ0v) is 67.3. The van der Waals surface area contributed by atoms with Crippen molar-refractivity contribution in [1.82, 2.24) is 0 Å². The molecule has 18 rings (SSSR count). The minimum absolute atomic E-state index is 0.179. The summed E-state index contributed by atoms with van der Waals surface area (Å²) in [4.78, 5) is 13.3. The van der Waals surface area contributed by atoms with Gasteiger partial charge in [0.05, 0.1) is 0 Å². The Kier molecular flexibility index (Phi) is 20.3. The van der Waals surface area contributed by atoms with Crippen LogP contribution >= 0.6 is 0 Å². The molecule has 5 unspecified atom stereocenters. The largest absolute Gasteiger partial charge is 0.363 e. The first-order valence-electron chi connectivity index (χ1n) is 40.8. The van der Waals surface area contributed by atoms with Gasteiger partial charge < -0.3 is 24.5 Å². The summed E-state index contributed by atoms with van der Waals surface area (Å²) in [6.07, 6.45) is 25.7. The van der Waals surface area contributed by atoms with Crippen LogP contribution in [0.25, 0.3) is 0 Å². The van der Waals surface area contributed by atoms with E-state index in [-0.39, 0.29) is 22.0 Å². The maximum atomic E-state index is 2.82. The topological polar surface area (TPSA) is 16.2 Å². The molecule has 6 aliphatic carbocycles. The Bertz CT molecular complexity index is 4020. The number of rotatable bonds is 5. The van der Waals surface area contributed by atoms with Crippen LogP contribution in [0.4, 0.5) is 39.8 Å². The standard InChI is InChI=1S/C23H33N.C21H25N.C19H29N.C18H21N.C16H25N/c1-15-7-5-6-8-21(15)24-16(2)23(14-22(24,3)4)19-10-17-9-18(12-19)13-20(23)11-17;1-16-10-4-6-12-19(16)22-17(2)21(14-8-3-9-15-21)18-11-5-7-13-20(18)22;1-15-10-6-7-11-17(15)20-16(2)19(14-18(20,3)4)12-8-5-9-13-19;1-13-9-5-7-11-16(13)19-14(2)18(3,4)15-10-6-8-12-17(15)19;1-12-9-7-8-10-14(12)17-13(2)15(3,4)11-16(17,5)6/h5-8,16-20H,9-14H2,1-4H3;4-7,10-13,17H,3,8-9,14-15H2,1-2H3;6-7,10-11,16H,5,8-9,12-14H2,1-4H3;5-12,14H,1-4H3;7-10,13H,11H2,1-6H3. The van der Waals surface area contributed by atoms with Crippen LogP contribution in [0.5, 0.6) is 0 Å². The summed E-state index contributed by atoms with van der Waals surface area (Å²) in [5.41, 5.74) is 22.7. The first-order chi connectivity index (χ1) is 48.4. The Morgan fingerprint density at radius 3 is 1.05 bits per heavy atom. The van der Waals surface area contributed by atoms with Gasteiger partial charge in [0.1, 0.15) is 0 Å². The van der Waals surface area contributed by atoms with Crippen molar-refractivity contribution >= 4 is 39.8 Å². The number of nitrogens with zero attached hydrogens (tertiary/aromatic N) is 5. The summed E-state index contributed by atoms with van der Waals surface area (Å²) < 4.78 is 0. The molecular formula is C97H133N5. The van der Waals surface area contributed by atoms with E-state index in [2.05, 4.69) is 333 Å². The van der Waals surface area contributed by atoms with E-state index in [1.807, 2.05) is 0 Å². The van der Waals surface area contributed by atoms with Crippen LogP contribution in [0.15, 0.2) is 170 Å². The van der Waals surface area contributed by atoms with Gasteiger partial charge in [-0.25, -0.2) is 0 Å². The maximum Gasteiger partial charge on any atom is 0.0452 e. The van der Waals surface area contributed by atoms with Gasteiger partial charge in [-0.1, -0.05) is 194 Å². The molecule has 0 aromatic heterocycles. The lowest BCUT2D eigenvalue weighted by Crippen LogP contribution is -2.57. The van der Waals surface area contributed by atoms with Crippen molar-refractivity contribution in [3.8, 4) is 0 Å². The summed E-state index contributed by atoms with van der Waals surface area (Å²) in [5.74, 6) is 4.14. The highest BCUT2D eigenvalue weighted by Gasteiger charge is 2.66. The number of fused-ring (bicyclic) bond motifs is 3. The summed E-state index contributed by atoms with van der Waals surface area (Å²) in [6.45, 7) is 47.5. The van der Waals surface area contributed by atoms with Gasteiger partial charge in [-0.15, -0.1) is 0 Å². The van der Waals surface area contributed by atoms with E-state index in [4.69, 9.17) is 0 Å². The van der Waals surface area contributed by atoms with E-state index in [0.717, 1.165) is 23.7 Å². The highest BCUT2D eigenvalue weighted by molar-refractivity contribution is 5.77. The Morgan fingerprint density at radius 1 is 0.294 bits per heavy atom. The maximum absolute atomic E-state index is 2.82. The predicted molar refractivity (Wildman–Crippen MR) is 440 cm³/mol. The molecule has 5 heterocycles. The van der Waals surface area contributed by atoms with Crippen molar-refractivity contribution in [2.24, 2.45) is 39.9 Å². The van der Waals surface area contributed by atoms with Crippen molar-refractivity contribution in [2.45, 2.75) is 312 Å². The Labute approximate surface area is 621 Å². The molecule has 3 spiro atoms. The molecule has 4 bridgehead atoms. The molecule has 0 N–H and O–H groups in total. The summed E-state index contributed by atoms with van der Waals surface area (Å²) in [5, 5.41) is 0. The van der Waals surface area contributed by atoms with E-state index in [9.17, 15) is 0 Å². The van der Waals surface area contributed by atoms with Crippen LogP contribution in [-0.4, -0.2) is 46.8 Å². The number of aryl methyl sites for hydroxylation is 5. The molecule has 5 nitrogen and oxygen atoms in total. The smallest absolute Gasteiger partial charge is 0.0452 e. The SMILES string of the molecule is Cc1ccccc1N1C(C)C(C)(C)CC1(C)C.Cc1ccccc1N1C(C)C2(CC1(C)C)C1CC3CC(C1)CC2C3.Cc1ccccc1N1C(C)C2(CCCCC2)CC1(C)C.Cc1ccccc1N1c2ccccc2C(C)(C)C1C.Cc1ccccc1N1c2ccccc2C2(CCCCC2)C1C. The molecule has 9 fully saturated rings. The second-order valence-electron chi connectivity index (χ2n) is 37.9. The molecule has 5 aliphatic heterocycles. The van der Waals surface area contributed by atoms with E-state index in [0.29, 0.717) is 51.9 Å². The average Bonchev–Trinajstić information content (AvgIpc) is 1.66. The highest BCUT2D eigenvalue weighted by atomic mass is 15.3. The van der Waals surface area contributed by atoms with Crippen molar-refractivity contribution in [3.05, 3.63) is 209 Å². The number of benzene rings is 7. The number of anilines is 7. The molecule has 5 atom stereocenters. The molecule has 3 saturated heterocycles. The zero-order valence-electron chi connectivity index (χ0n) is 67.3. The lowest BCUT2D eigenvalue weighted by atomic mass is 9.43. The lowest BCUT2D eigenvalue weighted by Gasteiger charge is -2.62. The molecule has 0 amide bonds. The van der Waals surface area contributed by atoms with Crippen LogP contribution in [0, 0.1) is 74.5 Å². The minimum atomic E-state index is 0.179. The minimum Gasteiger partial charge on any atom is -0.363 e. The van der Waals surface area contributed by atoms with Crippen molar-refractivity contribution in [3.63, 3.8) is 0 Å². The molecule has 7 aromatic rings. The van der Waals surface area contributed by atoms with E-state index < -0.39 is 0 Å². The number of para-hydroxylation sites is 7. The summed E-state index contributed by atoms with van der Waals surface area (Å²) >= 11 is 0. The first kappa shape index (κ1) is 73.8. The van der Waals surface area contributed by atoms with Gasteiger partial charge in [-0.3, -0.25) is 0 Å². The van der Waals surface area contributed by atoms with E-state index in [1.165, 1.54) is 182 Å². The Hall–Kier alpha value is -6.46. The van der Waals surface area contributed by atoms with Gasteiger partial charge in [-0.2, -0.15) is 0 Å². The summed E-state index contributed by atoms with van der Waals surface area (Å²) in [7, 11) is 0. The van der Waals surface area contributed by atoms with Crippen molar-refractivity contribution in [1.29, 1.82) is 0 Å². The quantitative estimate of drug-likeness (QED) is 0.170. The lowest BCUT2D eigenvalue weighted by molar-refractivity contribution is -0.113. The molecule has 7 aromatic carbocycles. The fraction of sp³-hybridized carbons (Fsp3) is 0.567. The molecule has 5 heteroatoms. The van der Waals surface area contributed by atoms with Crippen LogP contribution in [-0.2, 0) is 10.8 Å². The van der Waals surface area contributed by atoms with Crippen molar-refractivity contribution in [2.75, 3.05) is 24.5 Å². The van der Waals surface area contributed by atoms with Crippen LogP contribution < -0.4 is 24.5 Å². The average molecular weight is 1370 g/mol. The third kappa shape index (κ3) is 13.0. The second kappa shape index (κ2) is 28.1. The number of hydrogen-bond donors (Lipinski definition) is 0. The van der Waals surface area contributed by atoms with Gasteiger partial charge >= 0.3 is 0 Å². The summed E-state index contributed by atoms with van der Waals surface area (Å²) in [6, 6.07) is 65.1. The van der Waals surface area contributed by atoms with Gasteiger partial charge in [0.2, 0.25) is 0 Å². The fourth-order valence-corrected chi connectivity index (χ4v) is 24.8. The normalized spacial score (nSPS) is 29.3. The Morgan fingerprint density at radius 2 is 0.627 bits per heavy atom. The zero-order chi connectivity index (χ0) is 72.7. The molecule has 6 saturated carbocycles. The second-order valence-corrected chi connectivity index (χ2v) is 37.9. The van der Waals surface area contributed by atoms with Crippen molar-refractivity contribution < 1.29 is 0 Å². The predicted octanol–water partition coefficient (Wildman–Crippen LogP) is 26.1. The Balaban J connectivity index is 0.000000114. The van der Waals surface area contributed by atoms with E-state index in [1.54, 1.807) is 12.0 Å². The first-order valence-corrected chi connectivity index (χ1v) is 40.8. The molecular weight excluding hydrogens is 1240 g/mol. The molecule has 0 radical (unpaired) electrons. The van der Waals surface area contributed by atoms with Gasteiger partial charge in [-0.05, 0) is 309 Å². The third-order valence-electron chi connectivity index (χ3n) is 29.6. The molecule has 102 heavy (non-hydrogen) atoms. The number of hydrogen-bond acceptors (Lipinski definition) is 5. The monoisotopic (exact) mass is 1370 g/mol. The molecule has 11 aliphatic rings. The van der Waals surface area contributed by atoms with Gasteiger partial charge in [0, 0.05) is 97.5 Å². The van der Waals surface area contributed by atoms with Crippen LogP contribution in [0.1, 0.15) is 258 Å². The van der Waals surface area contributed by atoms with E-state index >= 15 is 0 Å².